The summed E-state index contributed by atoms with van der Waals surface area (Å²) < 4.78 is 0.558. The first-order valence-corrected chi connectivity index (χ1v) is 5.01. The Morgan fingerprint density at radius 1 is 1.57 bits per heavy atom. The molecule has 0 spiro atoms. The lowest BCUT2D eigenvalue weighted by atomic mass is 10.2. The highest BCUT2D eigenvalue weighted by atomic mass is 32.1. The average Bonchev–Trinajstić information content (AvgIpc) is 2.14. The average molecular weight is 214 g/mol. The topological polar surface area (TPSA) is 87.9 Å². The summed E-state index contributed by atoms with van der Waals surface area (Å²) in [5.41, 5.74) is 5.97. The van der Waals surface area contributed by atoms with E-state index in [9.17, 15) is 0 Å². The number of nitrogens with zero attached hydrogens (tertiary/aromatic N) is 2. The van der Waals surface area contributed by atoms with E-state index < -0.39 is 0 Å². The summed E-state index contributed by atoms with van der Waals surface area (Å²) in [7, 11) is 0. The number of anilines is 1. The van der Waals surface area contributed by atoms with Crippen LogP contribution < -0.4 is 11.4 Å². The first-order chi connectivity index (χ1) is 6.65. The highest BCUT2D eigenvalue weighted by Crippen LogP contribution is 2.04. The third-order valence-corrected chi connectivity index (χ3v) is 2.17. The molecule has 14 heavy (non-hydrogen) atoms. The van der Waals surface area contributed by atoms with Crippen molar-refractivity contribution in [2.75, 3.05) is 11.5 Å². The Kier molecular flexibility index (Phi) is 3.82. The molecule has 0 fully saturated rings. The minimum Gasteiger partial charge on any atom is -0.423 e. The minimum absolute atomic E-state index is 0.144. The summed E-state index contributed by atoms with van der Waals surface area (Å²) >= 11 is 4.10. The van der Waals surface area contributed by atoms with Crippen LogP contribution in [0, 0.1) is 5.41 Å². The van der Waals surface area contributed by atoms with Gasteiger partial charge in [0.2, 0.25) is 0 Å². The standard InChI is InChI=1S/C8H14N4OS/c9-7-5-6(3-1-2-4-14)11-8(10)12(7)13/h5,10,13-14H,1-4,9H2. The molecular formula is C8H14N4OS. The molecule has 0 aliphatic rings. The van der Waals surface area contributed by atoms with Gasteiger partial charge in [0.25, 0.3) is 5.62 Å². The minimum atomic E-state index is -0.231. The molecule has 4 N–H and O–H groups in total. The van der Waals surface area contributed by atoms with Gasteiger partial charge >= 0.3 is 0 Å². The maximum Gasteiger partial charge on any atom is 0.257 e. The van der Waals surface area contributed by atoms with Gasteiger partial charge in [-0.1, -0.05) is 0 Å². The van der Waals surface area contributed by atoms with Crippen LogP contribution in [0.5, 0.6) is 0 Å². The van der Waals surface area contributed by atoms with Crippen LogP contribution in [0.2, 0.25) is 0 Å². The lowest BCUT2D eigenvalue weighted by Gasteiger charge is -2.04. The smallest absolute Gasteiger partial charge is 0.257 e. The molecule has 6 heteroatoms. The van der Waals surface area contributed by atoms with Gasteiger partial charge < -0.3 is 10.9 Å². The van der Waals surface area contributed by atoms with E-state index in [1.54, 1.807) is 6.07 Å². The van der Waals surface area contributed by atoms with E-state index in [1.807, 2.05) is 0 Å². The summed E-state index contributed by atoms with van der Waals surface area (Å²) in [4.78, 5) is 3.88. The predicted octanol–water partition coefficient (Wildman–Crippen LogP) is 0.435. The van der Waals surface area contributed by atoms with Gasteiger partial charge in [0, 0.05) is 11.8 Å². The van der Waals surface area contributed by atoms with Crippen LogP contribution in [0.15, 0.2) is 6.07 Å². The fourth-order valence-corrected chi connectivity index (χ4v) is 1.34. The Labute approximate surface area is 87.5 Å². The van der Waals surface area contributed by atoms with E-state index >= 15 is 0 Å². The maximum atomic E-state index is 9.13. The van der Waals surface area contributed by atoms with Crippen LogP contribution in [-0.4, -0.2) is 20.7 Å². The summed E-state index contributed by atoms with van der Waals surface area (Å²) in [6, 6.07) is 1.58. The number of hydrogen-bond donors (Lipinski definition) is 4. The Morgan fingerprint density at radius 2 is 2.29 bits per heavy atom. The van der Waals surface area contributed by atoms with E-state index in [4.69, 9.17) is 16.4 Å². The van der Waals surface area contributed by atoms with Crippen molar-refractivity contribution in [3.8, 4) is 0 Å². The van der Waals surface area contributed by atoms with Gasteiger partial charge in [-0.25, -0.2) is 4.98 Å². The first kappa shape index (κ1) is 10.9. The molecule has 0 aliphatic heterocycles. The Balaban J connectivity index is 2.75. The van der Waals surface area contributed by atoms with Crippen molar-refractivity contribution in [2.45, 2.75) is 19.3 Å². The molecule has 1 heterocycles. The van der Waals surface area contributed by atoms with Gasteiger partial charge in [0.05, 0.1) is 0 Å². The summed E-state index contributed by atoms with van der Waals surface area (Å²) in [6.07, 6.45) is 2.73. The van der Waals surface area contributed by atoms with E-state index in [0.717, 1.165) is 30.7 Å². The van der Waals surface area contributed by atoms with Gasteiger partial charge in [0.1, 0.15) is 5.82 Å². The monoisotopic (exact) mass is 214 g/mol. The fourth-order valence-electron chi connectivity index (χ4n) is 1.12. The quantitative estimate of drug-likeness (QED) is 0.333. The SMILES string of the molecule is N=c1nc(CCCCS)cc(N)n1O. The van der Waals surface area contributed by atoms with Gasteiger partial charge in [-0.15, -0.1) is 4.73 Å². The number of rotatable bonds is 4. The molecular weight excluding hydrogens is 200 g/mol. The highest BCUT2D eigenvalue weighted by molar-refractivity contribution is 7.80. The second kappa shape index (κ2) is 4.90. The van der Waals surface area contributed by atoms with Gasteiger partial charge in [-0.3, -0.25) is 5.41 Å². The van der Waals surface area contributed by atoms with Gasteiger partial charge in [-0.05, 0) is 25.0 Å². The molecule has 0 aromatic carbocycles. The fraction of sp³-hybridized carbons (Fsp3) is 0.500. The largest absolute Gasteiger partial charge is 0.423 e. The van der Waals surface area contributed by atoms with Crippen LogP contribution in [0.4, 0.5) is 5.82 Å². The second-order valence-electron chi connectivity index (χ2n) is 2.99. The Hall–Kier alpha value is -1.17. The van der Waals surface area contributed by atoms with Crippen molar-refractivity contribution in [2.24, 2.45) is 0 Å². The molecule has 1 aromatic rings. The van der Waals surface area contributed by atoms with E-state index in [-0.39, 0.29) is 11.4 Å². The summed E-state index contributed by atoms with van der Waals surface area (Å²) in [5, 5.41) is 16.4. The van der Waals surface area contributed by atoms with Crippen molar-refractivity contribution in [3.05, 3.63) is 17.4 Å². The Bertz CT molecular complexity index is 363. The zero-order chi connectivity index (χ0) is 10.6. The maximum absolute atomic E-state index is 9.13. The van der Waals surface area contributed by atoms with E-state index in [2.05, 4.69) is 17.6 Å². The number of nitrogens with two attached hydrogens (primary N) is 1. The molecule has 78 valence electrons. The van der Waals surface area contributed by atoms with Crippen molar-refractivity contribution in [1.82, 2.24) is 9.71 Å². The van der Waals surface area contributed by atoms with Crippen LogP contribution in [0.1, 0.15) is 18.5 Å². The second-order valence-corrected chi connectivity index (χ2v) is 3.44. The summed E-state index contributed by atoms with van der Waals surface area (Å²) in [6.45, 7) is 0. The third kappa shape index (κ3) is 2.66. The number of nitrogen functional groups attached to an aromatic ring is 1. The highest BCUT2D eigenvalue weighted by Gasteiger charge is 2.01. The van der Waals surface area contributed by atoms with Gasteiger partial charge in [-0.2, -0.15) is 12.6 Å². The van der Waals surface area contributed by atoms with Crippen LogP contribution in [0.3, 0.4) is 0 Å². The third-order valence-electron chi connectivity index (χ3n) is 1.85. The molecule has 0 aliphatic carbocycles. The van der Waals surface area contributed by atoms with Crippen molar-refractivity contribution >= 4 is 18.4 Å². The van der Waals surface area contributed by atoms with Crippen molar-refractivity contribution in [1.29, 1.82) is 5.41 Å². The van der Waals surface area contributed by atoms with Crippen LogP contribution in [0.25, 0.3) is 0 Å². The van der Waals surface area contributed by atoms with Gasteiger partial charge in [0.15, 0.2) is 0 Å². The van der Waals surface area contributed by atoms with Crippen LogP contribution in [-0.2, 0) is 6.42 Å². The molecule has 0 atom stereocenters. The van der Waals surface area contributed by atoms with Crippen molar-refractivity contribution < 1.29 is 5.21 Å². The molecule has 0 radical (unpaired) electrons. The number of thiol groups is 1. The molecule has 0 unspecified atom stereocenters. The van der Waals surface area contributed by atoms with E-state index in [1.165, 1.54) is 0 Å². The molecule has 1 aromatic heterocycles. The number of hydrogen-bond acceptors (Lipinski definition) is 5. The normalized spacial score (nSPS) is 10.4. The van der Waals surface area contributed by atoms with Crippen molar-refractivity contribution in [3.63, 3.8) is 0 Å². The number of aryl methyl sites for hydroxylation is 1. The van der Waals surface area contributed by atoms with E-state index in [0.29, 0.717) is 4.73 Å². The lowest BCUT2D eigenvalue weighted by Crippen LogP contribution is -2.24. The zero-order valence-corrected chi connectivity index (χ0v) is 8.67. The number of aromatic nitrogens is 2. The van der Waals surface area contributed by atoms with Crippen LogP contribution >= 0.6 is 12.6 Å². The first-order valence-electron chi connectivity index (χ1n) is 4.38. The molecule has 0 saturated carbocycles. The zero-order valence-electron chi connectivity index (χ0n) is 7.77. The Morgan fingerprint density at radius 3 is 2.86 bits per heavy atom. The predicted molar refractivity (Wildman–Crippen MR) is 56.5 cm³/mol. The molecule has 5 nitrogen and oxygen atoms in total. The molecule has 1 rings (SSSR count). The number of nitrogens with one attached hydrogen (secondary N) is 1. The molecule has 0 bridgehead atoms. The molecule has 0 saturated heterocycles. The lowest BCUT2D eigenvalue weighted by molar-refractivity contribution is 0.171. The number of unbranched alkanes of at least 4 members (excludes halogenated alkanes) is 1. The molecule has 0 amide bonds. The summed E-state index contributed by atoms with van der Waals surface area (Å²) in [5.74, 6) is 0.988.